The lowest BCUT2D eigenvalue weighted by Crippen LogP contribution is -2.29. The third kappa shape index (κ3) is 5.13. The van der Waals surface area contributed by atoms with Crippen LogP contribution in [0.25, 0.3) is 5.76 Å². The van der Waals surface area contributed by atoms with E-state index in [-0.39, 0.29) is 17.9 Å². The number of aliphatic hydroxyl groups excluding tert-OH is 1. The molecule has 2 aromatic carbocycles. The van der Waals surface area contributed by atoms with Gasteiger partial charge in [-0.2, -0.15) is 0 Å². The van der Waals surface area contributed by atoms with E-state index >= 15 is 0 Å². The lowest BCUT2D eigenvalue weighted by molar-refractivity contribution is -0.140. The summed E-state index contributed by atoms with van der Waals surface area (Å²) >= 11 is 0. The van der Waals surface area contributed by atoms with Gasteiger partial charge in [-0.1, -0.05) is 25.1 Å². The van der Waals surface area contributed by atoms with Crippen LogP contribution in [-0.2, 0) is 16.1 Å². The summed E-state index contributed by atoms with van der Waals surface area (Å²) in [5, 5.41) is 11.4. The van der Waals surface area contributed by atoms with Gasteiger partial charge in [0.2, 0.25) is 5.75 Å². The lowest BCUT2D eigenvalue weighted by Gasteiger charge is -2.26. The number of pyridine rings is 1. The highest BCUT2D eigenvalue weighted by molar-refractivity contribution is 6.46. The first-order valence-corrected chi connectivity index (χ1v) is 12.1. The number of likely N-dealkylation sites (tertiary alicyclic amines) is 1. The molecule has 1 aliphatic rings. The molecule has 1 aromatic heterocycles. The van der Waals surface area contributed by atoms with Gasteiger partial charge in [0.05, 0.1) is 51.8 Å². The zero-order valence-corrected chi connectivity index (χ0v) is 21.8. The number of Topliss-reactive ketones (excluding diaryl/α,β-unsaturated/α-hetero) is 1. The first-order valence-electron chi connectivity index (χ1n) is 12.1. The van der Waals surface area contributed by atoms with Gasteiger partial charge in [-0.3, -0.25) is 14.6 Å². The van der Waals surface area contributed by atoms with E-state index in [0.29, 0.717) is 46.4 Å². The Bertz CT molecular complexity index is 1330. The predicted octanol–water partition coefficient (Wildman–Crippen LogP) is 4.52. The van der Waals surface area contributed by atoms with Crippen molar-refractivity contribution in [3.8, 4) is 23.0 Å². The van der Waals surface area contributed by atoms with Gasteiger partial charge in [-0.05, 0) is 48.4 Å². The Hall–Kier alpha value is -4.53. The summed E-state index contributed by atoms with van der Waals surface area (Å²) in [4.78, 5) is 32.5. The Balaban J connectivity index is 1.91. The normalized spacial score (nSPS) is 16.4. The predicted molar refractivity (Wildman–Crippen MR) is 140 cm³/mol. The number of hydrogen-bond donors (Lipinski definition) is 1. The number of nitrogens with zero attached hydrogens (tertiary/aromatic N) is 2. The summed E-state index contributed by atoms with van der Waals surface area (Å²) in [7, 11) is 4.45. The smallest absolute Gasteiger partial charge is 0.296 e. The molecule has 2 heterocycles. The van der Waals surface area contributed by atoms with Crippen molar-refractivity contribution in [2.75, 3.05) is 27.9 Å². The molecule has 1 aliphatic heterocycles. The Morgan fingerprint density at radius 3 is 2.32 bits per heavy atom. The second-order valence-corrected chi connectivity index (χ2v) is 8.58. The average molecular weight is 519 g/mol. The van der Waals surface area contributed by atoms with Crippen LogP contribution in [0.2, 0.25) is 0 Å². The molecular weight excluding hydrogens is 488 g/mol. The first kappa shape index (κ1) is 26.5. The Labute approximate surface area is 221 Å². The second-order valence-electron chi connectivity index (χ2n) is 8.58. The van der Waals surface area contributed by atoms with Crippen LogP contribution in [-0.4, -0.2) is 54.6 Å². The van der Waals surface area contributed by atoms with E-state index in [2.05, 4.69) is 4.98 Å². The van der Waals surface area contributed by atoms with Gasteiger partial charge < -0.3 is 29.0 Å². The summed E-state index contributed by atoms with van der Waals surface area (Å²) < 4.78 is 22.2. The molecule has 1 N–H and O–H groups in total. The van der Waals surface area contributed by atoms with Crippen LogP contribution in [0.3, 0.4) is 0 Å². The number of ether oxygens (including phenoxy) is 4. The van der Waals surface area contributed by atoms with E-state index in [1.165, 1.54) is 26.2 Å². The molecule has 9 nitrogen and oxygen atoms in total. The monoisotopic (exact) mass is 518 g/mol. The summed E-state index contributed by atoms with van der Waals surface area (Å²) in [5.41, 5.74) is 1.37. The maximum Gasteiger partial charge on any atom is 0.296 e. The highest BCUT2D eigenvalue weighted by Crippen LogP contribution is 2.46. The van der Waals surface area contributed by atoms with Crippen LogP contribution in [0.15, 0.2) is 66.4 Å². The summed E-state index contributed by atoms with van der Waals surface area (Å²) in [6.45, 7) is 2.54. The third-order valence-corrected chi connectivity index (χ3v) is 6.18. The molecule has 0 saturated carbocycles. The molecule has 0 radical (unpaired) electrons. The first-order chi connectivity index (χ1) is 18.4. The van der Waals surface area contributed by atoms with E-state index in [4.69, 9.17) is 18.9 Å². The summed E-state index contributed by atoms with van der Waals surface area (Å²) in [6.07, 6.45) is 2.43. The molecule has 1 atom stereocenters. The highest BCUT2D eigenvalue weighted by atomic mass is 16.5. The van der Waals surface area contributed by atoms with Crippen molar-refractivity contribution in [2.45, 2.75) is 25.9 Å². The van der Waals surface area contributed by atoms with Crippen molar-refractivity contribution in [1.29, 1.82) is 0 Å². The zero-order chi connectivity index (χ0) is 27.2. The van der Waals surface area contributed by atoms with Gasteiger partial charge in [0.15, 0.2) is 11.5 Å². The van der Waals surface area contributed by atoms with E-state index in [0.717, 1.165) is 6.42 Å². The van der Waals surface area contributed by atoms with Crippen molar-refractivity contribution >= 4 is 17.4 Å². The molecule has 198 valence electrons. The molecule has 4 rings (SSSR count). The van der Waals surface area contributed by atoms with Crippen LogP contribution in [0.4, 0.5) is 0 Å². The van der Waals surface area contributed by atoms with Gasteiger partial charge in [0, 0.05) is 11.8 Å². The van der Waals surface area contributed by atoms with Crippen LogP contribution < -0.4 is 18.9 Å². The van der Waals surface area contributed by atoms with Crippen LogP contribution in [0, 0.1) is 0 Å². The number of amides is 1. The number of ketones is 1. The largest absolute Gasteiger partial charge is 0.507 e. The summed E-state index contributed by atoms with van der Waals surface area (Å²) in [5.74, 6) is -0.274. The standard InChI is InChI=1S/C29H30N2O7/c1-5-13-38-21-11-8-9-18(14-21)26(32)24-25(19-15-22(35-2)28(37-4)23(16-19)36-3)31(29(34)27(24)33)17-20-10-6-7-12-30-20/h6-12,14-16,25,32H,5,13,17H2,1-4H3/b26-24+. The van der Waals surface area contributed by atoms with Crippen molar-refractivity contribution < 1.29 is 33.6 Å². The van der Waals surface area contributed by atoms with Gasteiger partial charge in [0.25, 0.3) is 11.7 Å². The fraction of sp³-hybridized carbons (Fsp3) is 0.276. The Kier molecular flexibility index (Phi) is 8.15. The van der Waals surface area contributed by atoms with Crippen LogP contribution in [0.1, 0.15) is 36.2 Å². The molecule has 1 fully saturated rings. The quantitative estimate of drug-likeness (QED) is 0.237. The number of aliphatic hydroxyl groups is 1. The minimum atomic E-state index is -0.953. The van der Waals surface area contributed by atoms with Crippen LogP contribution >= 0.6 is 0 Å². The Morgan fingerprint density at radius 2 is 1.71 bits per heavy atom. The number of aromatic nitrogens is 1. The number of methoxy groups -OCH3 is 3. The number of hydrogen-bond acceptors (Lipinski definition) is 8. The Morgan fingerprint density at radius 1 is 0.974 bits per heavy atom. The fourth-order valence-corrected chi connectivity index (χ4v) is 4.42. The second kappa shape index (κ2) is 11.7. The number of carbonyl (C=O) groups is 2. The highest BCUT2D eigenvalue weighted by Gasteiger charge is 2.46. The molecule has 3 aromatic rings. The molecule has 9 heteroatoms. The van der Waals surface area contributed by atoms with E-state index in [1.54, 1.807) is 60.8 Å². The van der Waals surface area contributed by atoms with Crippen molar-refractivity contribution in [1.82, 2.24) is 9.88 Å². The topological polar surface area (TPSA) is 107 Å². The van der Waals surface area contributed by atoms with Gasteiger partial charge in [-0.25, -0.2) is 0 Å². The van der Waals surface area contributed by atoms with Crippen molar-refractivity contribution in [2.24, 2.45) is 0 Å². The average Bonchev–Trinajstić information content (AvgIpc) is 3.20. The molecule has 0 bridgehead atoms. The zero-order valence-electron chi connectivity index (χ0n) is 21.8. The van der Waals surface area contributed by atoms with Gasteiger partial charge in [0.1, 0.15) is 11.5 Å². The maximum absolute atomic E-state index is 13.4. The van der Waals surface area contributed by atoms with E-state index in [1.807, 2.05) is 6.92 Å². The SMILES string of the molecule is CCCOc1cccc(/C(O)=C2\C(=O)C(=O)N(Cc3ccccn3)C2c2cc(OC)c(OC)c(OC)c2)c1. The van der Waals surface area contributed by atoms with Crippen LogP contribution in [0.5, 0.6) is 23.0 Å². The molecule has 38 heavy (non-hydrogen) atoms. The third-order valence-electron chi connectivity index (χ3n) is 6.18. The van der Waals surface area contributed by atoms with Gasteiger partial charge in [-0.15, -0.1) is 0 Å². The minimum Gasteiger partial charge on any atom is -0.507 e. The number of carbonyl (C=O) groups excluding carboxylic acids is 2. The number of benzene rings is 2. The maximum atomic E-state index is 13.4. The lowest BCUT2D eigenvalue weighted by atomic mass is 9.94. The fourth-order valence-electron chi connectivity index (χ4n) is 4.42. The van der Waals surface area contributed by atoms with Gasteiger partial charge >= 0.3 is 0 Å². The van der Waals surface area contributed by atoms with E-state index in [9.17, 15) is 14.7 Å². The molecule has 1 saturated heterocycles. The molecule has 1 amide bonds. The molecule has 1 unspecified atom stereocenters. The minimum absolute atomic E-state index is 0.0448. The van der Waals surface area contributed by atoms with Crippen molar-refractivity contribution in [3.63, 3.8) is 0 Å². The molecular formula is C29H30N2O7. The van der Waals surface area contributed by atoms with Crippen molar-refractivity contribution in [3.05, 3.63) is 83.2 Å². The van der Waals surface area contributed by atoms with E-state index < -0.39 is 17.7 Å². The molecule has 0 aliphatic carbocycles. The number of rotatable bonds is 10. The molecule has 0 spiro atoms. The summed E-state index contributed by atoms with van der Waals surface area (Å²) in [6, 6.07) is 14.5.